The molecule has 1 aromatic carbocycles. The van der Waals surface area contributed by atoms with Crippen molar-refractivity contribution in [2.24, 2.45) is 5.92 Å². The number of ether oxygens (including phenoxy) is 2. The summed E-state index contributed by atoms with van der Waals surface area (Å²) < 4.78 is 10.6. The quantitative estimate of drug-likeness (QED) is 0.847. The van der Waals surface area contributed by atoms with Gasteiger partial charge < -0.3 is 19.3 Å². The molecule has 130 valence electrons. The molecule has 0 spiro atoms. The number of carbonyl (C=O) groups excluding carboxylic acids is 2. The number of rotatable bonds is 4. The Kier molecular flexibility index (Phi) is 4.92. The molecule has 2 amide bonds. The molecule has 0 aromatic heterocycles. The van der Waals surface area contributed by atoms with Crippen LogP contribution in [0.4, 0.5) is 0 Å². The van der Waals surface area contributed by atoms with Crippen molar-refractivity contribution in [3.05, 3.63) is 23.8 Å². The van der Waals surface area contributed by atoms with Crippen LogP contribution in [-0.2, 0) is 4.79 Å². The van der Waals surface area contributed by atoms with Crippen LogP contribution in [-0.4, -0.2) is 54.6 Å². The maximum Gasteiger partial charge on any atom is 0.254 e. The van der Waals surface area contributed by atoms with E-state index in [0.717, 1.165) is 12.8 Å². The zero-order chi connectivity index (χ0) is 17.1. The largest absolute Gasteiger partial charge is 0.454 e. The van der Waals surface area contributed by atoms with E-state index in [1.165, 1.54) is 0 Å². The topological polar surface area (TPSA) is 59.1 Å². The molecule has 3 rings (SSSR count). The van der Waals surface area contributed by atoms with Crippen LogP contribution in [0, 0.1) is 5.92 Å². The van der Waals surface area contributed by atoms with Gasteiger partial charge in [-0.15, -0.1) is 0 Å². The van der Waals surface area contributed by atoms with Crippen LogP contribution in [0.3, 0.4) is 0 Å². The Morgan fingerprint density at radius 1 is 1.00 bits per heavy atom. The number of hydrogen-bond acceptors (Lipinski definition) is 4. The first-order valence-corrected chi connectivity index (χ1v) is 8.61. The van der Waals surface area contributed by atoms with Crippen LogP contribution in [0.5, 0.6) is 11.5 Å². The summed E-state index contributed by atoms with van der Waals surface area (Å²) >= 11 is 0. The van der Waals surface area contributed by atoms with Crippen molar-refractivity contribution < 1.29 is 19.1 Å². The monoisotopic (exact) mass is 332 g/mol. The smallest absolute Gasteiger partial charge is 0.254 e. The van der Waals surface area contributed by atoms with Gasteiger partial charge in [0.15, 0.2) is 11.5 Å². The summed E-state index contributed by atoms with van der Waals surface area (Å²) in [6.07, 6.45) is 1.73. The van der Waals surface area contributed by atoms with Crippen LogP contribution in [0.15, 0.2) is 18.2 Å². The lowest BCUT2D eigenvalue weighted by Gasteiger charge is -2.36. The second-order valence-corrected chi connectivity index (χ2v) is 6.20. The third kappa shape index (κ3) is 3.18. The molecule has 2 aliphatic heterocycles. The minimum absolute atomic E-state index is 0.0251. The number of carbonyl (C=O) groups is 2. The van der Waals surface area contributed by atoms with Gasteiger partial charge in [-0.25, -0.2) is 0 Å². The Bertz CT molecular complexity index is 619. The fourth-order valence-electron chi connectivity index (χ4n) is 3.24. The highest BCUT2D eigenvalue weighted by Crippen LogP contribution is 2.32. The van der Waals surface area contributed by atoms with E-state index in [4.69, 9.17) is 9.47 Å². The summed E-state index contributed by atoms with van der Waals surface area (Å²) in [6.45, 7) is 6.64. The van der Waals surface area contributed by atoms with E-state index in [2.05, 4.69) is 0 Å². The number of fused-ring (bicyclic) bond motifs is 1. The normalized spacial score (nSPS) is 16.6. The molecule has 1 fully saturated rings. The summed E-state index contributed by atoms with van der Waals surface area (Å²) in [5, 5.41) is 0. The van der Waals surface area contributed by atoms with Gasteiger partial charge in [0.1, 0.15) is 0 Å². The number of amides is 2. The van der Waals surface area contributed by atoms with Crippen molar-refractivity contribution >= 4 is 11.8 Å². The van der Waals surface area contributed by atoms with Crippen molar-refractivity contribution in [2.75, 3.05) is 33.0 Å². The molecule has 0 bridgehead atoms. The molecule has 0 N–H and O–H groups in total. The standard InChI is InChI=1S/C18H24N2O4/c1-3-13(4-2)17(21)19-7-9-20(10-8-19)18(22)14-5-6-15-16(11-14)24-12-23-15/h5-6,11,13H,3-4,7-10,12H2,1-2H3. The SMILES string of the molecule is CCC(CC)C(=O)N1CCN(C(=O)c2ccc3c(c2)OCO3)CC1. The van der Waals surface area contributed by atoms with Gasteiger partial charge in [-0.3, -0.25) is 9.59 Å². The second kappa shape index (κ2) is 7.11. The molecular formula is C18H24N2O4. The van der Waals surface area contributed by atoms with E-state index in [-0.39, 0.29) is 24.5 Å². The van der Waals surface area contributed by atoms with Crippen LogP contribution < -0.4 is 9.47 Å². The lowest BCUT2D eigenvalue weighted by molar-refractivity contribution is -0.137. The first-order chi connectivity index (χ1) is 11.6. The lowest BCUT2D eigenvalue weighted by atomic mass is 10.0. The summed E-state index contributed by atoms with van der Waals surface area (Å²) in [4.78, 5) is 28.8. The highest BCUT2D eigenvalue weighted by atomic mass is 16.7. The Labute approximate surface area is 142 Å². The van der Waals surface area contributed by atoms with E-state index < -0.39 is 0 Å². The first kappa shape index (κ1) is 16.6. The van der Waals surface area contributed by atoms with Crippen LogP contribution >= 0.6 is 0 Å². The number of benzene rings is 1. The van der Waals surface area contributed by atoms with Crippen LogP contribution in [0.2, 0.25) is 0 Å². The van der Waals surface area contributed by atoms with E-state index in [1.54, 1.807) is 23.1 Å². The van der Waals surface area contributed by atoms with Gasteiger partial charge in [0.2, 0.25) is 12.7 Å². The molecular weight excluding hydrogens is 308 g/mol. The van der Waals surface area contributed by atoms with E-state index in [1.807, 2.05) is 18.7 Å². The average molecular weight is 332 g/mol. The molecule has 1 saturated heterocycles. The molecule has 0 radical (unpaired) electrons. The van der Waals surface area contributed by atoms with Crippen LogP contribution in [0.1, 0.15) is 37.0 Å². The zero-order valence-corrected chi connectivity index (χ0v) is 14.3. The summed E-state index contributed by atoms with van der Waals surface area (Å²) in [6, 6.07) is 5.26. The fourth-order valence-corrected chi connectivity index (χ4v) is 3.24. The second-order valence-electron chi connectivity index (χ2n) is 6.20. The third-order valence-corrected chi connectivity index (χ3v) is 4.83. The summed E-state index contributed by atoms with van der Waals surface area (Å²) in [7, 11) is 0. The van der Waals surface area contributed by atoms with Crippen molar-refractivity contribution in [3.63, 3.8) is 0 Å². The summed E-state index contributed by atoms with van der Waals surface area (Å²) in [5.74, 6) is 1.58. The maximum absolute atomic E-state index is 12.6. The van der Waals surface area contributed by atoms with Gasteiger partial charge in [0, 0.05) is 37.7 Å². The summed E-state index contributed by atoms with van der Waals surface area (Å²) in [5.41, 5.74) is 0.596. The molecule has 6 heteroatoms. The first-order valence-electron chi connectivity index (χ1n) is 8.61. The number of nitrogens with zero attached hydrogens (tertiary/aromatic N) is 2. The van der Waals surface area contributed by atoms with Crippen molar-refractivity contribution in [1.29, 1.82) is 0 Å². The molecule has 6 nitrogen and oxygen atoms in total. The Hall–Kier alpha value is -2.24. The third-order valence-electron chi connectivity index (χ3n) is 4.83. The van der Waals surface area contributed by atoms with Gasteiger partial charge in [-0.05, 0) is 31.0 Å². The van der Waals surface area contributed by atoms with E-state index in [9.17, 15) is 9.59 Å². The molecule has 1 aromatic rings. The molecule has 0 atom stereocenters. The average Bonchev–Trinajstić information content (AvgIpc) is 3.10. The predicted octanol–water partition coefficient (Wildman–Crippen LogP) is 2.14. The van der Waals surface area contributed by atoms with Crippen LogP contribution in [0.25, 0.3) is 0 Å². The zero-order valence-electron chi connectivity index (χ0n) is 14.3. The fraction of sp³-hybridized carbons (Fsp3) is 0.556. The molecule has 0 aliphatic carbocycles. The minimum Gasteiger partial charge on any atom is -0.454 e. The van der Waals surface area contributed by atoms with Crippen molar-refractivity contribution in [1.82, 2.24) is 9.80 Å². The number of piperazine rings is 1. The van der Waals surface area contributed by atoms with Gasteiger partial charge >= 0.3 is 0 Å². The van der Waals surface area contributed by atoms with Gasteiger partial charge in [-0.1, -0.05) is 13.8 Å². The maximum atomic E-state index is 12.6. The highest BCUT2D eigenvalue weighted by Gasteiger charge is 2.28. The predicted molar refractivity (Wildman–Crippen MR) is 89.1 cm³/mol. The van der Waals surface area contributed by atoms with Gasteiger partial charge in [0.25, 0.3) is 5.91 Å². The van der Waals surface area contributed by atoms with Gasteiger partial charge in [-0.2, -0.15) is 0 Å². The molecule has 2 aliphatic rings. The number of hydrogen-bond donors (Lipinski definition) is 0. The minimum atomic E-state index is -0.0251. The molecule has 0 unspecified atom stereocenters. The van der Waals surface area contributed by atoms with Crippen molar-refractivity contribution in [2.45, 2.75) is 26.7 Å². The molecule has 2 heterocycles. The van der Waals surface area contributed by atoms with Crippen molar-refractivity contribution in [3.8, 4) is 11.5 Å². The van der Waals surface area contributed by atoms with Gasteiger partial charge in [0.05, 0.1) is 0 Å². The lowest BCUT2D eigenvalue weighted by Crippen LogP contribution is -2.51. The highest BCUT2D eigenvalue weighted by molar-refractivity contribution is 5.95. The molecule has 0 saturated carbocycles. The van der Waals surface area contributed by atoms with E-state index in [0.29, 0.717) is 43.2 Å². The Morgan fingerprint density at radius 2 is 1.62 bits per heavy atom. The molecule has 24 heavy (non-hydrogen) atoms. The Balaban J connectivity index is 1.60. The Morgan fingerprint density at radius 3 is 2.29 bits per heavy atom. The van der Waals surface area contributed by atoms with E-state index >= 15 is 0 Å².